The molecule has 2 aromatic rings. The number of hydrogen-bond donors (Lipinski definition) is 1. The van der Waals surface area contributed by atoms with Crippen LogP contribution in [-0.4, -0.2) is 33.8 Å². The van der Waals surface area contributed by atoms with Gasteiger partial charge in [0.25, 0.3) is 0 Å². The summed E-state index contributed by atoms with van der Waals surface area (Å²) in [5, 5.41) is 7.81. The molecule has 0 bridgehead atoms. The number of carbonyl (C=O) groups is 1. The number of aromatic nitrogens is 2. The van der Waals surface area contributed by atoms with Crippen LogP contribution in [0, 0.1) is 0 Å². The summed E-state index contributed by atoms with van der Waals surface area (Å²) in [6.07, 6.45) is 4.61. The Hall–Kier alpha value is -2.01. The molecule has 1 aromatic heterocycles. The second-order valence-corrected chi connectivity index (χ2v) is 6.04. The summed E-state index contributed by atoms with van der Waals surface area (Å²) in [4.78, 5) is 14.1. The molecular weight excluding hydrogens is 300 g/mol. The van der Waals surface area contributed by atoms with E-state index in [0.29, 0.717) is 19.0 Å². The number of benzene rings is 1. The first-order chi connectivity index (χ1) is 10.6. The zero-order valence-electron chi connectivity index (χ0n) is 12.5. The van der Waals surface area contributed by atoms with Crippen molar-refractivity contribution in [1.29, 1.82) is 0 Å². The van der Waals surface area contributed by atoms with Crippen LogP contribution in [0.3, 0.4) is 0 Å². The topological polar surface area (TPSA) is 50.2 Å². The van der Waals surface area contributed by atoms with Gasteiger partial charge in [-0.3, -0.25) is 4.68 Å². The predicted molar refractivity (Wildman–Crippen MR) is 85.8 cm³/mol. The van der Waals surface area contributed by atoms with E-state index in [-0.39, 0.29) is 6.03 Å². The highest BCUT2D eigenvalue weighted by Gasteiger charge is 2.28. The third-order valence-electron chi connectivity index (χ3n) is 4.02. The van der Waals surface area contributed by atoms with Crippen molar-refractivity contribution >= 4 is 17.6 Å². The molecule has 0 spiro atoms. The predicted octanol–water partition coefficient (Wildman–Crippen LogP) is 2.77. The first kappa shape index (κ1) is 14.9. The molecule has 0 saturated carbocycles. The molecule has 116 valence electrons. The van der Waals surface area contributed by atoms with Crippen LogP contribution in [-0.2, 0) is 13.6 Å². The van der Waals surface area contributed by atoms with Gasteiger partial charge >= 0.3 is 6.03 Å². The third kappa shape index (κ3) is 3.25. The van der Waals surface area contributed by atoms with Crippen molar-refractivity contribution in [3.05, 3.63) is 52.8 Å². The van der Waals surface area contributed by atoms with Gasteiger partial charge < -0.3 is 10.2 Å². The largest absolute Gasteiger partial charge is 0.334 e. The molecule has 0 radical (unpaired) electrons. The molecule has 6 heteroatoms. The fourth-order valence-corrected chi connectivity index (χ4v) is 3.15. The quantitative estimate of drug-likeness (QED) is 0.946. The summed E-state index contributed by atoms with van der Waals surface area (Å²) >= 11 is 6.25. The van der Waals surface area contributed by atoms with Crippen LogP contribution < -0.4 is 5.32 Å². The molecule has 2 amide bonds. The van der Waals surface area contributed by atoms with Crippen molar-refractivity contribution in [3.8, 4) is 0 Å². The monoisotopic (exact) mass is 318 g/mol. The van der Waals surface area contributed by atoms with Gasteiger partial charge in [0.15, 0.2) is 0 Å². The highest BCUT2D eigenvalue weighted by Crippen LogP contribution is 2.31. The minimum Gasteiger partial charge on any atom is -0.334 e. The van der Waals surface area contributed by atoms with E-state index in [2.05, 4.69) is 10.4 Å². The van der Waals surface area contributed by atoms with Crippen molar-refractivity contribution < 1.29 is 4.79 Å². The summed E-state index contributed by atoms with van der Waals surface area (Å²) in [5.41, 5.74) is 2.13. The zero-order chi connectivity index (χ0) is 15.5. The maximum atomic E-state index is 12.2. The molecule has 1 aliphatic heterocycles. The van der Waals surface area contributed by atoms with Crippen LogP contribution >= 0.6 is 11.6 Å². The van der Waals surface area contributed by atoms with E-state index in [0.717, 1.165) is 29.1 Å². The highest BCUT2D eigenvalue weighted by atomic mass is 35.5. The van der Waals surface area contributed by atoms with Gasteiger partial charge in [0.05, 0.1) is 6.20 Å². The molecular formula is C16H19ClN4O. The Balaban J connectivity index is 1.56. The Bertz CT molecular complexity index is 670. The number of amides is 2. The summed E-state index contributed by atoms with van der Waals surface area (Å²) in [7, 11) is 1.86. The molecule has 0 unspecified atom stereocenters. The van der Waals surface area contributed by atoms with Gasteiger partial charge in [-0.2, -0.15) is 5.10 Å². The average Bonchev–Trinajstić information content (AvgIpc) is 3.14. The zero-order valence-corrected chi connectivity index (χ0v) is 13.3. The number of carbonyl (C=O) groups excluding carboxylic acids is 1. The molecule has 2 heterocycles. The maximum Gasteiger partial charge on any atom is 0.317 e. The van der Waals surface area contributed by atoms with Gasteiger partial charge in [-0.25, -0.2) is 4.79 Å². The van der Waals surface area contributed by atoms with E-state index < -0.39 is 0 Å². The van der Waals surface area contributed by atoms with Gasteiger partial charge in [0, 0.05) is 49.4 Å². The minimum absolute atomic E-state index is 0.0293. The Kier molecular flexibility index (Phi) is 4.34. The summed E-state index contributed by atoms with van der Waals surface area (Å²) in [6.45, 7) is 1.97. The number of aryl methyl sites for hydroxylation is 1. The van der Waals surface area contributed by atoms with Crippen LogP contribution in [0.1, 0.15) is 23.5 Å². The van der Waals surface area contributed by atoms with Gasteiger partial charge in [-0.1, -0.05) is 29.8 Å². The molecule has 1 aliphatic rings. The average molecular weight is 319 g/mol. The van der Waals surface area contributed by atoms with E-state index in [1.54, 1.807) is 10.9 Å². The molecule has 1 saturated heterocycles. The lowest BCUT2D eigenvalue weighted by Crippen LogP contribution is -2.37. The molecule has 22 heavy (non-hydrogen) atoms. The number of hydrogen-bond acceptors (Lipinski definition) is 2. The summed E-state index contributed by atoms with van der Waals surface area (Å²) in [6, 6.07) is 7.84. The van der Waals surface area contributed by atoms with E-state index in [4.69, 9.17) is 11.6 Å². The summed E-state index contributed by atoms with van der Waals surface area (Å²) < 4.78 is 1.73. The Morgan fingerprint density at radius 2 is 2.27 bits per heavy atom. The highest BCUT2D eigenvalue weighted by molar-refractivity contribution is 6.31. The van der Waals surface area contributed by atoms with Crippen molar-refractivity contribution in [3.63, 3.8) is 0 Å². The van der Waals surface area contributed by atoms with Gasteiger partial charge in [0.2, 0.25) is 0 Å². The lowest BCUT2D eigenvalue weighted by molar-refractivity contribution is 0.208. The lowest BCUT2D eigenvalue weighted by atomic mass is 9.98. The molecule has 1 atom stereocenters. The number of nitrogens with zero attached hydrogens (tertiary/aromatic N) is 3. The van der Waals surface area contributed by atoms with Crippen LogP contribution in [0.5, 0.6) is 0 Å². The second kappa shape index (κ2) is 6.40. The Morgan fingerprint density at radius 3 is 3.00 bits per heavy atom. The van der Waals surface area contributed by atoms with Crippen LogP contribution in [0.15, 0.2) is 36.7 Å². The van der Waals surface area contributed by atoms with E-state index in [1.165, 1.54) is 0 Å². The fourth-order valence-electron chi connectivity index (χ4n) is 2.86. The number of halogens is 1. The first-order valence-corrected chi connectivity index (χ1v) is 7.76. The van der Waals surface area contributed by atoms with Crippen LogP contribution in [0.25, 0.3) is 0 Å². The minimum atomic E-state index is -0.0293. The van der Waals surface area contributed by atoms with Gasteiger partial charge in [-0.15, -0.1) is 0 Å². The Morgan fingerprint density at radius 1 is 1.45 bits per heavy atom. The summed E-state index contributed by atoms with van der Waals surface area (Å²) in [5.74, 6) is 0.317. The molecule has 1 fully saturated rings. The van der Waals surface area contributed by atoms with Gasteiger partial charge in [0.1, 0.15) is 0 Å². The third-order valence-corrected chi connectivity index (χ3v) is 4.37. The number of rotatable bonds is 3. The number of nitrogens with one attached hydrogen (secondary N) is 1. The van der Waals surface area contributed by atoms with Crippen molar-refractivity contribution in [2.75, 3.05) is 13.1 Å². The van der Waals surface area contributed by atoms with E-state index in [1.807, 2.05) is 42.4 Å². The molecule has 0 aliphatic carbocycles. The van der Waals surface area contributed by atoms with E-state index >= 15 is 0 Å². The maximum absolute atomic E-state index is 12.2. The number of likely N-dealkylation sites (tertiary alicyclic amines) is 1. The first-order valence-electron chi connectivity index (χ1n) is 7.38. The van der Waals surface area contributed by atoms with E-state index in [9.17, 15) is 4.79 Å². The smallest absolute Gasteiger partial charge is 0.317 e. The SMILES string of the molecule is Cn1cc(CNC(=O)N2CC[C@H](c3ccccc3Cl)C2)cn1. The molecule has 5 nitrogen and oxygen atoms in total. The molecule has 1 N–H and O–H groups in total. The second-order valence-electron chi connectivity index (χ2n) is 5.63. The Labute approximate surface area is 134 Å². The van der Waals surface area contributed by atoms with Crippen molar-refractivity contribution in [2.45, 2.75) is 18.9 Å². The normalized spacial score (nSPS) is 17.7. The van der Waals surface area contributed by atoms with Crippen LogP contribution in [0.4, 0.5) is 4.79 Å². The van der Waals surface area contributed by atoms with Crippen LogP contribution in [0.2, 0.25) is 5.02 Å². The standard InChI is InChI=1S/C16H19ClN4O/c1-20-10-12(9-19-20)8-18-16(22)21-7-6-13(11-21)14-4-2-3-5-15(14)17/h2-5,9-10,13H,6-8,11H2,1H3,(H,18,22)/t13-/m0/s1. The number of urea groups is 1. The molecule has 3 rings (SSSR count). The van der Waals surface area contributed by atoms with Gasteiger partial charge in [-0.05, 0) is 18.1 Å². The van der Waals surface area contributed by atoms with Crippen molar-refractivity contribution in [1.82, 2.24) is 20.0 Å². The lowest BCUT2D eigenvalue weighted by Gasteiger charge is -2.17. The molecule has 1 aromatic carbocycles. The fraction of sp³-hybridized carbons (Fsp3) is 0.375. The van der Waals surface area contributed by atoms with Crippen molar-refractivity contribution in [2.24, 2.45) is 7.05 Å².